The molecule has 0 spiro atoms. The van der Waals surface area contributed by atoms with Gasteiger partial charge in [0.1, 0.15) is 5.54 Å². The van der Waals surface area contributed by atoms with Crippen LogP contribution in [0.4, 0.5) is 4.79 Å². The molecule has 2 amide bonds. The number of nitrogens with one attached hydrogen (secondary N) is 1. The van der Waals surface area contributed by atoms with E-state index in [-0.39, 0.29) is 12.0 Å². The summed E-state index contributed by atoms with van der Waals surface area (Å²) in [5.74, 6) is 0.264. The number of ether oxygens (including phenoxy) is 1. The zero-order chi connectivity index (χ0) is 16.0. The average Bonchev–Trinajstić information content (AvgIpc) is 2.45. The van der Waals surface area contributed by atoms with Crippen LogP contribution in [0, 0.1) is 5.92 Å². The Morgan fingerprint density at radius 3 is 2.29 bits per heavy atom. The number of likely N-dealkylation sites (tertiary alicyclic amines) is 1. The minimum atomic E-state index is -0.649. The van der Waals surface area contributed by atoms with Crippen molar-refractivity contribution in [2.45, 2.75) is 39.2 Å². The summed E-state index contributed by atoms with van der Waals surface area (Å²) in [6.45, 7) is 8.32. The van der Waals surface area contributed by atoms with E-state index in [2.05, 4.69) is 19.2 Å². The lowest BCUT2D eigenvalue weighted by molar-refractivity contribution is -0.153. The molecule has 0 unspecified atom stereocenters. The van der Waals surface area contributed by atoms with Crippen LogP contribution in [0.3, 0.4) is 0 Å². The number of hydrogen-bond acceptors (Lipinski definition) is 4. The molecule has 1 saturated heterocycles. The monoisotopic (exact) mass is 299 g/mol. The van der Waals surface area contributed by atoms with Crippen molar-refractivity contribution in [2.24, 2.45) is 5.92 Å². The van der Waals surface area contributed by atoms with Crippen molar-refractivity contribution in [2.75, 3.05) is 40.3 Å². The highest BCUT2D eigenvalue weighted by Crippen LogP contribution is 2.25. The first-order valence-electron chi connectivity index (χ1n) is 7.71. The Morgan fingerprint density at radius 2 is 1.86 bits per heavy atom. The van der Waals surface area contributed by atoms with Crippen LogP contribution in [0.5, 0.6) is 0 Å². The van der Waals surface area contributed by atoms with Crippen LogP contribution in [0.25, 0.3) is 0 Å². The number of rotatable bonds is 5. The van der Waals surface area contributed by atoms with Crippen LogP contribution in [-0.4, -0.2) is 67.7 Å². The van der Waals surface area contributed by atoms with Gasteiger partial charge in [0.05, 0.1) is 6.61 Å². The van der Waals surface area contributed by atoms with E-state index in [0.29, 0.717) is 38.5 Å². The maximum absolute atomic E-state index is 12.3. The van der Waals surface area contributed by atoms with Crippen molar-refractivity contribution in [3.8, 4) is 0 Å². The zero-order valence-corrected chi connectivity index (χ0v) is 13.9. The molecule has 1 heterocycles. The van der Waals surface area contributed by atoms with E-state index < -0.39 is 5.54 Å². The lowest BCUT2D eigenvalue weighted by Gasteiger charge is -2.41. The summed E-state index contributed by atoms with van der Waals surface area (Å²) in [4.78, 5) is 27.7. The smallest absolute Gasteiger partial charge is 0.326 e. The highest BCUT2D eigenvalue weighted by molar-refractivity contribution is 5.82. The zero-order valence-electron chi connectivity index (χ0n) is 13.9. The largest absolute Gasteiger partial charge is 0.465 e. The van der Waals surface area contributed by atoms with Gasteiger partial charge in [0.2, 0.25) is 0 Å². The predicted molar refractivity (Wildman–Crippen MR) is 82.1 cm³/mol. The third-order valence-electron chi connectivity index (χ3n) is 3.78. The fourth-order valence-corrected chi connectivity index (χ4v) is 2.48. The van der Waals surface area contributed by atoms with Gasteiger partial charge in [-0.05, 0) is 32.2 Å². The molecule has 0 saturated carbocycles. The minimum absolute atomic E-state index is 0.00341. The molecule has 0 aromatic rings. The molecule has 6 nitrogen and oxygen atoms in total. The number of hydrogen-bond donors (Lipinski definition) is 1. The summed E-state index contributed by atoms with van der Waals surface area (Å²) in [7, 11) is 3.49. The van der Waals surface area contributed by atoms with Gasteiger partial charge in [-0.2, -0.15) is 0 Å². The third-order valence-corrected chi connectivity index (χ3v) is 3.78. The van der Waals surface area contributed by atoms with Crippen LogP contribution in [-0.2, 0) is 9.53 Å². The fourth-order valence-electron chi connectivity index (χ4n) is 2.48. The maximum atomic E-state index is 12.3. The number of amides is 2. The standard InChI is InChI=1S/C15H29N3O3/c1-6-21-13(19)15(16-11-12(2)3)7-9-18(10-8-15)14(20)17(4)5/h12,16H,6-11H2,1-5H3. The van der Waals surface area contributed by atoms with E-state index in [0.717, 1.165) is 6.54 Å². The van der Waals surface area contributed by atoms with Crippen molar-refractivity contribution in [1.29, 1.82) is 0 Å². The van der Waals surface area contributed by atoms with E-state index in [1.807, 2.05) is 6.92 Å². The Balaban J connectivity index is 2.73. The molecule has 1 aliphatic rings. The molecule has 1 fully saturated rings. The molecule has 0 aliphatic carbocycles. The van der Waals surface area contributed by atoms with Gasteiger partial charge in [-0.1, -0.05) is 13.8 Å². The van der Waals surface area contributed by atoms with Gasteiger partial charge in [0, 0.05) is 27.2 Å². The molecule has 122 valence electrons. The summed E-state index contributed by atoms with van der Waals surface area (Å²) in [6, 6.07) is -0.00341. The van der Waals surface area contributed by atoms with Crippen molar-refractivity contribution in [1.82, 2.24) is 15.1 Å². The topological polar surface area (TPSA) is 61.9 Å². The van der Waals surface area contributed by atoms with Gasteiger partial charge < -0.3 is 19.9 Å². The third kappa shape index (κ3) is 4.59. The van der Waals surface area contributed by atoms with Gasteiger partial charge in [-0.3, -0.25) is 4.79 Å². The Bertz CT molecular complexity index is 361. The van der Waals surface area contributed by atoms with Gasteiger partial charge in [0.15, 0.2) is 0 Å². The number of nitrogens with zero attached hydrogens (tertiary/aromatic N) is 2. The van der Waals surface area contributed by atoms with Gasteiger partial charge >= 0.3 is 12.0 Å². The molecule has 21 heavy (non-hydrogen) atoms. The Hall–Kier alpha value is -1.30. The van der Waals surface area contributed by atoms with E-state index in [4.69, 9.17) is 4.74 Å². The first-order valence-corrected chi connectivity index (χ1v) is 7.71. The highest BCUT2D eigenvalue weighted by atomic mass is 16.5. The van der Waals surface area contributed by atoms with E-state index in [1.165, 1.54) is 0 Å². The van der Waals surface area contributed by atoms with Crippen molar-refractivity contribution in [3.05, 3.63) is 0 Å². The Kier molecular flexibility index (Phi) is 6.45. The summed E-state index contributed by atoms with van der Waals surface area (Å²) in [6.07, 6.45) is 1.19. The summed E-state index contributed by atoms with van der Waals surface area (Å²) >= 11 is 0. The fraction of sp³-hybridized carbons (Fsp3) is 0.867. The van der Waals surface area contributed by atoms with Crippen LogP contribution in [0.2, 0.25) is 0 Å². The average molecular weight is 299 g/mol. The van der Waals surface area contributed by atoms with Gasteiger partial charge in [0.25, 0.3) is 0 Å². The molecular formula is C15H29N3O3. The van der Waals surface area contributed by atoms with E-state index in [1.54, 1.807) is 23.9 Å². The first kappa shape index (κ1) is 17.8. The molecule has 1 aliphatic heterocycles. The molecule has 1 N–H and O–H groups in total. The summed E-state index contributed by atoms with van der Waals surface area (Å²) < 4.78 is 5.24. The maximum Gasteiger partial charge on any atom is 0.326 e. The second-order valence-electron chi connectivity index (χ2n) is 6.24. The van der Waals surface area contributed by atoms with Crippen molar-refractivity contribution < 1.29 is 14.3 Å². The summed E-state index contributed by atoms with van der Waals surface area (Å²) in [5.41, 5.74) is -0.649. The van der Waals surface area contributed by atoms with Gasteiger partial charge in [-0.25, -0.2) is 4.79 Å². The molecule has 1 rings (SSSR count). The van der Waals surface area contributed by atoms with E-state index >= 15 is 0 Å². The van der Waals surface area contributed by atoms with E-state index in [9.17, 15) is 9.59 Å². The number of carbonyl (C=O) groups excluding carboxylic acids is 2. The number of urea groups is 1. The predicted octanol–water partition coefficient (Wildman–Crippen LogP) is 1.31. The first-order chi connectivity index (χ1) is 9.82. The normalized spacial score (nSPS) is 17.7. The lowest BCUT2D eigenvalue weighted by Crippen LogP contribution is -2.61. The quantitative estimate of drug-likeness (QED) is 0.778. The van der Waals surface area contributed by atoms with Crippen molar-refractivity contribution >= 4 is 12.0 Å². The number of carbonyl (C=O) groups is 2. The second-order valence-corrected chi connectivity index (χ2v) is 6.24. The molecule has 0 aromatic heterocycles. The Morgan fingerprint density at radius 1 is 1.29 bits per heavy atom. The van der Waals surface area contributed by atoms with Crippen molar-refractivity contribution in [3.63, 3.8) is 0 Å². The SMILES string of the molecule is CCOC(=O)C1(NCC(C)C)CCN(C(=O)N(C)C)CC1. The molecule has 0 atom stereocenters. The Labute approximate surface area is 127 Å². The molecular weight excluding hydrogens is 270 g/mol. The van der Waals surface area contributed by atoms with Crippen LogP contribution >= 0.6 is 0 Å². The minimum Gasteiger partial charge on any atom is -0.465 e. The van der Waals surface area contributed by atoms with Crippen LogP contribution < -0.4 is 5.32 Å². The molecule has 0 bridgehead atoms. The molecule has 0 radical (unpaired) electrons. The second kappa shape index (κ2) is 7.64. The van der Waals surface area contributed by atoms with Crippen LogP contribution in [0.1, 0.15) is 33.6 Å². The molecule has 6 heteroatoms. The number of piperidine rings is 1. The summed E-state index contributed by atoms with van der Waals surface area (Å²) in [5, 5.41) is 3.38. The molecule has 0 aromatic carbocycles. The number of esters is 1. The van der Waals surface area contributed by atoms with Gasteiger partial charge in [-0.15, -0.1) is 0 Å². The van der Waals surface area contributed by atoms with Crippen LogP contribution in [0.15, 0.2) is 0 Å². The lowest BCUT2D eigenvalue weighted by atomic mass is 9.87. The highest BCUT2D eigenvalue weighted by Gasteiger charge is 2.43.